The van der Waals surface area contributed by atoms with E-state index in [1.165, 1.54) is 12.1 Å². The van der Waals surface area contributed by atoms with Gasteiger partial charge in [-0.3, -0.25) is 0 Å². The highest BCUT2D eigenvalue weighted by Gasteiger charge is 2.10. The molecule has 1 heterocycles. The van der Waals surface area contributed by atoms with Crippen LogP contribution in [-0.4, -0.2) is 9.97 Å². The van der Waals surface area contributed by atoms with Gasteiger partial charge in [-0.1, -0.05) is 6.07 Å². The molecule has 0 radical (unpaired) electrons. The van der Waals surface area contributed by atoms with Crippen LogP contribution in [0.3, 0.4) is 0 Å². The first-order valence-corrected chi connectivity index (χ1v) is 6.04. The first kappa shape index (κ1) is 11.3. The van der Waals surface area contributed by atoms with E-state index < -0.39 is 0 Å². The van der Waals surface area contributed by atoms with Crippen molar-refractivity contribution in [1.29, 1.82) is 0 Å². The lowest BCUT2D eigenvalue weighted by molar-refractivity contribution is 0.621. The average molecular weight is 309 g/mol. The summed E-state index contributed by atoms with van der Waals surface area (Å²) in [6.45, 7) is 0. The molecule has 3 aromatic rings. The Labute approximate surface area is 110 Å². The molecule has 2 nitrogen and oxygen atoms in total. The number of rotatable bonds is 1. The summed E-state index contributed by atoms with van der Waals surface area (Å²) in [4.78, 5) is 7.18. The Morgan fingerprint density at radius 3 is 2.61 bits per heavy atom. The molecule has 0 saturated carbocycles. The van der Waals surface area contributed by atoms with Crippen LogP contribution in [0.2, 0.25) is 0 Å². The maximum absolute atomic E-state index is 13.5. The summed E-state index contributed by atoms with van der Waals surface area (Å²) in [5, 5.41) is 0. The van der Waals surface area contributed by atoms with Gasteiger partial charge in [-0.15, -0.1) is 0 Å². The van der Waals surface area contributed by atoms with Crippen molar-refractivity contribution in [3.63, 3.8) is 0 Å². The zero-order chi connectivity index (χ0) is 12.7. The molecule has 1 aromatic heterocycles. The number of imidazole rings is 1. The highest BCUT2D eigenvalue weighted by atomic mass is 79.9. The second-order valence-electron chi connectivity index (χ2n) is 3.85. The molecule has 0 spiro atoms. The third-order valence-corrected chi connectivity index (χ3v) is 3.26. The summed E-state index contributed by atoms with van der Waals surface area (Å²) in [7, 11) is 0. The minimum absolute atomic E-state index is 0.285. The van der Waals surface area contributed by atoms with Crippen molar-refractivity contribution >= 4 is 27.0 Å². The van der Waals surface area contributed by atoms with Crippen LogP contribution in [0.5, 0.6) is 0 Å². The lowest BCUT2D eigenvalue weighted by atomic mass is 10.2. The van der Waals surface area contributed by atoms with E-state index in [1.807, 2.05) is 0 Å². The van der Waals surface area contributed by atoms with Gasteiger partial charge in [-0.05, 0) is 46.3 Å². The standard InChI is InChI=1S/C13H7BrF2N2/c14-8-6-7(4-5-9(8)15)13-17-11-3-1-2-10(16)12(11)18-13/h1-6H,(H,17,18). The smallest absolute Gasteiger partial charge is 0.151 e. The van der Waals surface area contributed by atoms with Gasteiger partial charge < -0.3 is 4.98 Å². The molecular formula is C13H7BrF2N2. The van der Waals surface area contributed by atoms with Gasteiger partial charge in [0.1, 0.15) is 17.2 Å². The number of halogens is 3. The Bertz CT molecular complexity index is 737. The van der Waals surface area contributed by atoms with Crippen LogP contribution < -0.4 is 0 Å². The predicted octanol–water partition coefficient (Wildman–Crippen LogP) is 4.27. The van der Waals surface area contributed by atoms with E-state index in [0.29, 0.717) is 21.4 Å². The lowest BCUT2D eigenvalue weighted by Gasteiger charge is -1.98. The molecule has 0 bridgehead atoms. The van der Waals surface area contributed by atoms with Crippen LogP contribution in [0, 0.1) is 11.6 Å². The zero-order valence-corrected chi connectivity index (χ0v) is 10.6. The van der Waals surface area contributed by atoms with Gasteiger partial charge in [0.05, 0.1) is 9.99 Å². The van der Waals surface area contributed by atoms with Gasteiger partial charge in [0.25, 0.3) is 0 Å². The van der Waals surface area contributed by atoms with Crippen LogP contribution in [0.15, 0.2) is 40.9 Å². The molecule has 5 heteroatoms. The summed E-state index contributed by atoms with van der Waals surface area (Å²) in [6, 6.07) is 9.24. The van der Waals surface area contributed by atoms with E-state index in [-0.39, 0.29) is 17.2 Å². The molecule has 0 fully saturated rings. The predicted molar refractivity (Wildman–Crippen MR) is 69.1 cm³/mol. The number of H-pyrrole nitrogens is 1. The zero-order valence-electron chi connectivity index (χ0n) is 9.05. The average Bonchev–Trinajstić information content (AvgIpc) is 2.78. The maximum atomic E-state index is 13.5. The van der Waals surface area contributed by atoms with Crippen LogP contribution in [0.1, 0.15) is 0 Å². The summed E-state index contributed by atoms with van der Waals surface area (Å²) < 4.78 is 27.0. The SMILES string of the molecule is Fc1ccc(-c2nc3c(F)cccc3[nH]2)cc1Br. The van der Waals surface area contributed by atoms with Crippen LogP contribution >= 0.6 is 15.9 Å². The number of aromatic nitrogens is 2. The number of benzene rings is 2. The summed E-state index contributed by atoms with van der Waals surface area (Å²) in [6.07, 6.45) is 0. The fourth-order valence-electron chi connectivity index (χ4n) is 1.78. The third-order valence-electron chi connectivity index (χ3n) is 2.66. The first-order valence-electron chi connectivity index (χ1n) is 5.25. The Hall–Kier alpha value is -1.75. The van der Waals surface area contributed by atoms with Crippen LogP contribution in [-0.2, 0) is 0 Å². The summed E-state index contributed by atoms with van der Waals surface area (Å²) in [5.41, 5.74) is 1.59. The molecule has 18 heavy (non-hydrogen) atoms. The fourth-order valence-corrected chi connectivity index (χ4v) is 2.16. The van der Waals surface area contributed by atoms with E-state index in [4.69, 9.17) is 0 Å². The summed E-state index contributed by atoms with van der Waals surface area (Å²) >= 11 is 3.11. The monoisotopic (exact) mass is 308 g/mol. The number of para-hydroxylation sites is 1. The van der Waals surface area contributed by atoms with Crippen molar-refractivity contribution in [2.45, 2.75) is 0 Å². The largest absolute Gasteiger partial charge is 0.338 e. The normalized spacial score (nSPS) is 11.1. The summed E-state index contributed by atoms with van der Waals surface area (Å²) in [5.74, 6) is -0.215. The van der Waals surface area contributed by atoms with E-state index >= 15 is 0 Å². The Kier molecular flexibility index (Phi) is 2.63. The number of hydrogen-bond acceptors (Lipinski definition) is 1. The molecule has 0 saturated heterocycles. The van der Waals surface area contributed by atoms with Crippen LogP contribution in [0.25, 0.3) is 22.4 Å². The second-order valence-corrected chi connectivity index (χ2v) is 4.70. The van der Waals surface area contributed by atoms with Gasteiger partial charge in [-0.2, -0.15) is 0 Å². The van der Waals surface area contributed by atoms with Crippen molar-refractivity contribution in [3.05, 3.63) is 52.5 Å². The molecule has 90 valence electrons. The molecule has 3 rings (SSSR count). The third kappa shape index (κ3) is 1.80. The van der Waals surface area contributed by atoms with Gasteiger partial charge in [0.2, 0.25) is 0 Å². The molecule has 0 aliphatic rings. The molecule has 0 aliphatic heterocycles. The highest BCUT2D eigenvalue weighted by Crippen LogP contribution is 2.25. The Morgan fingerprint density at radius 2 is 1.89 bits per heavy atom. The lowest BCUT2D eigenvalue weighted by Crippen LogP contribution is -1.83. The van der Waals surface area contributed by atoms with E-state index in [0.717, 1.165) is 0 Å². The highest BCUT2D eigenvalue weighted by molar-refractivity contribution is 9.10. The molecule has 1 N–H and O–H groups in total. The van der Waals surface area contributed by atoms with Crippen molar-refractivity contribution in [2.24, 2.45) is 0 Å². The number of nitrogens with zero attached hydrogens (tertiary/aromatic N) is 1. The van der Waals surface area contributed by atoms with Crippen molar-refractivity contribution < 1.29 is 8.78 Å². The van der Waals surface area contributed by atoms with Crippen molar-refractivity contribution in [2.75, 3.05) is 0 Å². The molecule has 0 atom stereocenters. The minimum Gasteiger partial charge on any atom is -0.338 e. The number of nitrogens with one attached hydrogen (secondary N) is 1. The van der Waals surface area contributed by atoms with E-state index in [9.17, 15) is 8.78 Å². The number of fused-ring (bicyclic) bond motifs is 1. The fraction of sp³-hybridized carbons (Fsp3) is 0. The second kappa shape index (κ2) is 4.17. The van der Waals surface area contributed by atoms with Crippen molar-refractivity contribution in [1.82, 2.24) is 9.97 Å². The first-order chi connectivity index (χ1) is 8.65. The van der Waals surface area contributed by atoms with Crippen LogP contribution in [0.4, 0.5) is 8.78 Å². The van der Waals surface area contributed by atoms with Gasteiger partial charge in [-0.25, -0.2) is 13.8 Å². The van der Waals surface area contributed by atoms with E-state index in [1.54, 1.807) is 24.3 Å². The molecule has 0 aliphatic carbocycles. The number of hydrogen-bond donors (Lipinski definition) is 1. The van der Waals surface area contributed by atoms with Gasteiger partial charge >= 0.3 is 0 Å². The van der Waals surface area contributed by atoms with Gasteiger partial charge in [0.15, 0.2) is 5.82 Å². The molecule has 0 amide bonds. The quantitative estimate of drug-likeness (QED) is 0.714. The number of aromatic amines is 1. The maximum Gasteiger partial charge on any atom is 0.151 e. The van der Waals surface area contributed by atoms with E-state index in [2.05, 4.69) is 25.9 Å². The van der Waals surface area contributed by atoms with Gasteiger partial charge in [0, 0.05) is 5.56 Å². The molecular weight excluding hydrogens is 302 g/mol. The molecule has 0 unspecified atom stereocenters. The van der Waals surface area contributed by atoms with Crippen molar-refractivity contribution in [3.8, 4) is 11.4 Å². The topological polar surface area (TPSA) is 28.7 Å². The Balaban J connectivity index is 2.19. The Morgan fingerprint density at radius 1 is 1.06 bits per heavy atom. The molecule has 2 aromatic carbocycles. The minimum atomic E-state index is -0.379.